The molecule has 0 aromatic heterocycles. The van der Waals surface area contributed by atoms with E-state index >= 15 is 0 Å². The van der Waals surface area contributed by atoms with E-state index in [0.29, 0.717) is 11.5 Å². The third-order valence-corrected chi connectivity index (χ3v) is 7.38. The lowest BCUT2D eigenvalue weighted by molar-refractivity contribution is -0.144. The van der Waals surface area contributed by atoms with Crippen molar-refractivity contribution in [2.24, 2.45) is 0 Å². The van der Waals surface area contributed by atoms with Crippen LogP contribution in [0.25, 0.3) is 11.1 Å². The zero-order valence-electron chi connectivity index (χ0n) is 24.0. The zero-order chi connectivity index (χ0) is 30.1. The van der Waals surface area contributed by atoms with Crippen LogP contribution in [-0.4, -0.2) is 38.4 Å². The fourth-order valence-corrected chi connectivity index (χ4v) is 5.61. The summed E-state index contributed by atoms with van der Waals surface area (Å²) in [6.45, 7) is 7.95. The molecule has 1 aliphatic rings. The van der Waals surface area contributed by atoms with Gasteiger partial charge in [-0.05, 0) is 57.6 Å². The fraction of sp³-hybridized carbons (Fsp3) is 0.189. The molecule has 0 saturated carbocycles. The molecule has 0 fully saturated rings. The lowest BCUT2D eigenvalue weighted by Gasteiger charge is -2.34. The lowest BCUT2D eigenvalue weighted by atomic mass is 9.68. The highest BCUT2D eigenvalue weighted by Crippen LogP contribution is 2.56. The smallest absolute Gasteiger partial charge is 0.309 e. The topological polar surface area (TPSA) is 71.1 Å². The molecule has 4 aromatic rings. The molecule has 1 aliphatic carbocycles. The van der Waals surface area contributed by atoms with Crippen molar-refractivity contribution in [1.82, 2.24) is 0 Å². The van der Waals surface area contributed by atoms with E-state index in [9.17, 15) is 9.59 Å². The Bertz CT molecular complexity index is 1470. The van der Waals surface area contributed by atoms with Crippen molar-refractivity contribution < 1.29 is 28.5 Å². The highest BCUT2D eigenvalue weighted by Gasteiger charge is 2.45. The number of carbonyl (C=O) groups is 2. The molecule has 43 heavy (non-hydrogen) atoms. The Morgan fingerprint density at radius 3 is 1.35 bits per heavy atom. The van der Waals surface area contributed by atoms with Crippen molar-refractivity contribution in [2.75, 3.05) is 26.4 Å². The van der Waals surface area contributed by atoms with E-state index in [1.807, 2.05) is 24.3 Å². The van der Waals surface area contributed by atoms with Crippen LogP contribution in [-0.2, 0) is 24.5 Å². The quantitative estimate of drug-likeness (QED) is 0.0805. The summed E-state index contributed by atoms with van der Waals surface area (Å²) in [5.41, 5.74) is 6.41. The summed E-state index contributed by atoms with van der Waals surface area (Å²) in [7, 11) is 0. The molecular formula is C37H34O6. The molecule has 6 heteroatoms. The van der Waals surface area contributed by atoms with Gasteiger partial charge in [0.15, 0.2) is 0 Å². The number of hydrogen-bond donors (Lipinski definition) is 0. The molecule has 0 spiro atoms. The Balaban J connectivity index is 1.43. The number of benzene rings is 4. The van der Waals surface area contributed by atoms with Gasteiger partial charge in [0.25, 0.3) is 0 Å². The molecular weight excluding hydrogens is 540 g/mol. The van der Waals surface area contributed by atoms with Gasteiger partial charge < -0.3 is 18.9 Å². The largest absolute Gasteiger partial charge is 0.490 e. The van der Waals surface area contributed by atoms with Crippen molar-refractivity contribution in [1.29, 1.82) is 0 Å². The summed E-state index contributed by atoms with van der Waals surface area (Å²) in [6.07, 6.45) is 3.39. The van der Waals surface area contributed by atoms with E-state index in [-0.39, 0.29) is 51.2 Å². The van der Waals surface area contributed by atoms with Gasteiger partial charge in [0, 0.05) is 0 Å². The predicted molar refractivity (Wildman–Crippen MR) is 166 cm³/mol. The summed E-state index contributed by atoms with van der Waals surface area (Å²) < 4.78 is 22.0. The van der Waals surface area contributed by atoms with E-state index in [0.717, 1.165) is 11.1 Å². The molecule has 0 bridgehead atoms. The van der Waals surface area contributed by atoms with E-state index < -0.39 is 5.41 Å². The molecule has 5 rings (SSSR count). The van der Waals surface area contributed by atoms with E-state index in [2.05, 4.69) is 86.0 Å². The summed E-state index contributed by atoms with van der Waals surface area (Å²) in [4.78, 5) is 23.1. The summed E-state index contributed by atoms with van der Waals surface area (Å²) in [5.74, 6) is 0.738. The summed E-state index contributed by atoms with van der Waals surface area (Å²) in [5, 5.41) is 0. The molecule has 0 atom stereocenters. The minimum Gasteiger partial charge on any atom is -0.490 e. The number of esters is 2. The van der Waals surface area contributed by atoms with Crippen molar-refractivity contribution in [2.45, 2.75) is 18.3 Å². The molecule has 218 valence electrons. The highest BCUT2D eigenvalue weighted by atomic mass is 16.6. The Morgan fingerprint density at radius 1 is 0.558 bits per heavy atom. The molecule has 0 unspecified atom stereocenters. The van der Waals surface area contributed by atoms with Crippen molar-refractivity contribution >= 4 is 11.9 Å². The van der Waals surface area contributed by atoms with Gasteiger partial charge in [-0.25, -0.2) is 0 Å². The molecule has 0 radical (unpaired) electrons. The van der Waals surface area contributed by atoms with Crippen molar-refractivity contribution in [3.63, 3.8) is 0 Å². The third-order valence-electron chi connectivity index (χ3n) is 7.38. The van der Waals surface area contributed by atoms with Gasteiger partial charge in [0.2, 0.25) is 0 Å². The van der Waals surface area contributed by atoms with Crippen molar-refractivity contribution in [3.8, 4) is 22.6 Å². The minimum atomic E-state index is -0.565. The van der Waals surface area contributed by atoms with E-state index in [1.165, 1.54) is 34.4 Å². The average molecular weight is 575 g/mol. The molecule has 0 amide bonds. The van der Waals surface area contributed by atoms with Crippen LogP contribution in [0.15, 0.2) is 122 Å². The molecule has 0 saturated heterocycles. The Kier molecular flexibility index (Phi) is 9.37. The van der Waals surface area contributed by atoms with Crippen LogP contribution < -0.4 is 9.47 Å². The first-order chi connectivity index (χ1) is 21.1. The van der Waals surface area contributed by atoms with Gasteiger partial charge >= 0.3 is 11.9 Å². The Labute approximate surface area is 252 Å². The second kappa shape index (κ2) is 13.7. The van der Waals surface area contributed by atoms with Gasteiger partial charge in [-0.1, -0.05) is 84.9 Å². The number of rotatable bonds is 14. The van der Waals surface area contributed by atoms with Crippen molar-refractivity contribution in [3.05, 3.63) is 145 Å². The standard InChI is InChI=1S/C37H34O6/c1-3-9-35(38)42-25-23-40-29-19-15-27(16-20-29)37(33-13-7-5-11-31(33)32-12-6-8-14-34(32)37)28-17-21-30(22-18-28)41-24-26-43-36(39)10-4-2/h3-8,11-22H,1-2,9-10,23-26H2. The Hall–Kier alpha value is -5.10. The van der Waals surface area contributed by atoms with Crippen LogP contribution in [0.4, 0.5) is 0 Å². The molecule has 0 aliphatic heterocycles. The van der Waals surface area contributed by atoms with Crippen LogP contribution >= 0.6 is 0 Å². The van der Waals surface area contributed by atoms with Gasteiger partial charge in [-0.15, -0.1) is 13.2 Å². The van der Waals surface area contributed by atoms with Gasteiger partial charge in [0.05, 0.1) is 18.3 Å². The molecule has 0 heterocycles. The van der Waals surface area contributed by atoms with Crippen LogP contribution in [0, 0.1) is 0 Å². The first kappa shape index (κ1) is 29.4. The highest BCUT2D eigenvalue weighted by molar-refractivity contribution is 5.86. The maximum Gasteiger partial charge on any atom is 0.309 e. The SMILES string of the molecule is C=CCC(=O)OCCOc1ccc(C2(c3ccc(OCCOC(=O)CC=C)cc3)c3ccccc3-c3ccccc32)cc1. The first-order valence-electron chi connectivity index (χ1n) is 14.3. The van der Waals surface area contributed by atoms with Gasteiger partial charge in [-0.2, -0.15) is 0 Å². The maximum atomic E-state index is 11.6. The summed E-state index contributed by atoms with van der Waals surface area (Å²) >= 11 is 0. The van der Waals surface area contributed by atoms with E-state index in [4.69, 9.17) is 18.9 Å². The monoisotopic (exact) mass is 574 g/mol. The fourth-order valence-electron chi connectivity index (χ4n) is 5.61. The van der Waals surface area contributed by atoms with Crippen LogP contribution in [0.1, 0.15) is 35.1 Å². The van der Waals surface area contributed by atoms with Crippen LogP contribution in [0.2, 0.25) is 0 Å². The minimum absolute atomic E-state index is 0.171. The van der Waals surface area contributed by atoms with Gasteiger partial charge in [-0.3, -0.25) is 9.59 Å². The summed E-state index contributed by atoms with van der Waals surface area (Å²) in [6, 6.07) is 33.2. The molecule has 0 N–H and O–H groups in total. The third kappa shape index (κ3) is 6.24. The second-order valence-electron chi connectivity index (χ2n) is 10.0. The molecule has 6 nitrogen and oxygen atoms in total. The number of ether oxygens (including phenoxy) is 4. The van der Waals surface area contributed by atoms with Crippen LogP contribution in [0.5, 0.6) is 11.5 Å². The predicted octanol–water partition coefficient (Wildman–Crippen LogP) is 7.05. The first-order valence-corrected chi connectivity index (χ1v) is 14.3. The second-order valence-corrected chi connectivity index (χ2v) is 10.0. The zero-order valence-corrected chi connectivity index (χ0v) is 24.0. The number of carbonyl (C=O) groups excluding carboxylic acids is 2. The number of hydrogen-bond acceptors (Lipinski definition) is 6. The molecule has 4 aromatic carbocycles. The Morgan fingerprint density at radius 2 is 0.953 bits per heavy atom. The number of fused-ring (bicyclic) bond motifs is 3. The van der Waals surface area contributed by atoms with Crippen LogP contribution in [0.3, 0.4) is 0 Å². The average Bonchev–Trinajstić information content (AvgIpc) is 3.34. The van der Waals surface area contributed by atoms with E-state index in [1.54, 1.807) is 0 Å². The lowest BCUT2D eigenvalue weighted by Crippen LogP contribution is -2.28. The normalized spacial score (nSPS) is 12.4. The maximum absolute atomic E-state index is 11.6. The van der Waals surface area contributed by atoms with Gasteiger partial charge in [0.1, 0.15) is 37.9 Å².